The Bertz CT molecular complexity index is 467. The van der Waals surface area contributed by atoms with E-state index < -0.39 is 6.09 Å². The molecule has 1 aromatic rings. The van der Waals surface area contributed by atoms with Crippen LogP contribution >= 0.6 is 0 Å². The van der Waals surface area contributed by atoms with Crippen molar-refractivity contribution in [1.29, 1.82) is 0 Å². The molecule has 0 aliphatic carbocycles. The molecule has 0 unspecified atom stereocenters. The number of ether oxygens (including phenoxy) is 1. The number of rotatable bonds is 4. The van der Waals surface area contributed by atoms with E-state index in [1.54, 1.807) is 35.4 Å². The van der Waals surface area contributed by atoms with Gasteiger partial charge in [0.05, 0.1) is 5.56 Å². The van der Waals surface area contributed by atoms with Crippen molar-refractivity contribution in [1.82, 2.24) is 10.2 Å². The maximum Gasteiger partial charge on any atom is 0.412 e. The second-order valence-corrected chi connectivity index (χ2v) is 3.78. The number of hydrogen-bond acceptors (Lipinski definition) is 4. The summed E-state index contributed by atoms with van der Waals surface area (Å²) in [6.07, 6.45) is 2.46. The van der Waals surface area contributed by atoms with E-state index in [4.69, 9.17) is 4.74 Å². The lowest BCUT2D eigenvalue weighted by Crippen LogP contribution is -2.22. The summed E-state index contributed by atoms with van der Waals surface area (Å²) in [5, 5.41) is 2.33. The molecule has 18 heavy (non-hydrogen) atoms. The van der Waals surface area contributed by atoms with Crippen LogP contribution in [0, 0.1) is 0 Å². The van der Waals surface area contributed by atoms with Crippen molar-refractivity contribution in [3.8, 4) is 5.75 Å². The van der Waals surface area contributed by atoms with Crippen LogP contribution in [-0.4, -0.2) is 37.9 Å². The Labute approximate surface area is 106 Å². The van der Waals surface area contributed by atoms with Crippen LogP contribution in [0.15, 0.2) is 36.5 Å². The highest BCUT2D eigenvalue weighted by Crippen LogP contribution is 2.19. The van der Waals surface area contributed by atoms with E-state index in [0.717, 1.165) is 0 Å². The fourth-order valence-corrected chi connectivity index (χ4v) is 1.22. The van der Waals surface area contributed by atoms with E-state index in [1.807, 2.05) is 14.1 Å². The molecular weight excluding hydrogens is 232 g/mol. The first-order chi connectivity index (χ1) is 8.54. The number of carbonyl (C=O) groups excluding carboxylic acids is 2. The molecule has 0 aliphatic rings. The van der Waals surface area contributed by atoms with E-state index in [0.29, 0.717) is 5.56 Å². The molecule has 0 saturated carbocycles. The Morgan fingerprint density at radius 2 is 1.94 bits per heavy atom. The minimum Gasteiger partial charge on any atom is -0.410 e. The summed E-state index contributed by atoms with van der Waals surface area (Å²) in [6, 6.07) is 6.60. The monoisotopic (exact) mass is 248 g/mol. The van der Waals surface area contributed by atoms with Crippen LogP contribution in [0.5, 0.6) is 5.75 Å². The quantitative estimate of drug-likeness (QED) is 0.650. The molecule has 0 heterocycles. The molecular formula is C13H16N2O3. The first-order valence-electron chi connectivity index (χ1n) is 5.42. The number of nitrogens with zero attached hydrogens (tertiary/aromatic N) is 1. The normalized spacial score (nSPS) is 10.2. The van der Waals surface area contributed by atoms with E-state index in [1.165, 1.54) is 13.1 Å². The van der Waals surface area contributed by atoms with E-state index in [2.05, 4.69) is 5.32 Å². The summed E-state index contributed by atoms with van der Waals surface area (Å²) in [7, 11) is 5.09. The van der Waals surface area contributed by atoms with Gasteiger partial charge in [-0.1, -0.05) is 12.1 Å². The summed E-state index contributed by atoms with van der Waals surface area (Å²) in [6.45, 7) is 0. The van der Waals surface area contributed by atoms with Crippen LogP contribution in [0.4, 0.5) is 4.79 Å². The molecule has 0 aliphatic heterocycles. The van der Waals surface area contributed by atoms with Gasteiger partial charge < -0.3 is 15.0 Å². The van der Waals surface area contributed by atoms with Gasteiger partial charge in [0, 0.05) is 33.4 Å². The number of para-hydroxylation sites is 1. The summed E-state index contributed by atoms with van der Waals surface area (Å²) < 4.78 is 5.00. The molecule has 0 saturated heterocycles. The number of hydrogen-bond donors (Lipinski definition) is 1. The standard InChI is InChI=1S/C13H16N2O3/c1-14-13(17)18-12-7-5-4-6-10(12)11(16)8-9-15(2)3/h4-9H,1-3H3,(H,14,17)/b9-8+. The average molecular weight is 248 g/mol. The lowest BCUT2D eigenvalue weighted by atomic mass is 10.1. The third kappa shape index (κ3) is 3.93. The van der Waals surface area contributed by atoms with Crippen molar-refractivity contribution >= 4 is 11.9 Å². The number of amides is 1. The average Bonchev–Trinajstić information content (AvgIpc) is 2.36. The molecule has 5 nitrogen and oxygen atoms in total. The molecule has 0 radical (unpaired) electrons. The van der Waals surface area contributed by atoms with Crippen LogP contribution in [0.3, 0.4) is 0 Å². The summed E-state index contributed by atoms with van der Waals surface area (Å²) in [4.78, 5) is 24.8. The summed E-state index contributed by atoms with van der Waals surface area (Å²) in [5.41, 5.74) is 0.346. The molecule has 0 bridgehead atoms. The molecule has 0 atom stereocenters. The van der Waals surface area contributed by atoms with Gasteiger partial charge in [0.25, 0.3) is 0 Å². The van der Waals surface area contributed by atoms with E-state index >= 15 is 0 Å². The molecule has 0 aromatic heterocycles. The third-order valence-corrected chi connectivity index (χ3v) is 2.08. The largest absolute Gasteiger partial charge is 0.412 e. The Hall–Kier alpha value is -2.30. The number of allylic oxidation sites excluding steroid dienone is 1. The number of benzene rings is 1. The van der Waals surface area contributed by atoms with Crippen molar-refractivity contribution < 1.29 is 14.3 Å². The van der Waals surface area contributed by atoms with Crippen molar-refractivity contribution in [3.63, 3.8) is 0 Å². The van der Waals surface area contributed by atoms with Crippen LogP contribution in [0.1, 0.15) is 10.4 Å². The summed E-state index contributed by atoms with van der Waals surface area (Å²) in [5.74, 6) is 0.0217. The van der Waals surface area contributed by atoms with Gasteiger partial charge in [0.15, 0.2) is 5.78 Å². The van der Waals surface area contributed by atoms with Gasteiger partial charge in [-0.25, -0.2) is 4.79 Å². The van der Waals surface area contributed by atoms with Gasteiger partial charge in [-0.05, 0) is 12.1 Å². The Morgan fingerprint density at radius 3 is 2.56 bits per heavy atom. The Balaban J connectivity index is 2.94. The highest BCUT2D eigenvalue weighted by molar-refractivity contribution is 6.06. The SMILES string of the molecule is CNC(=O)Oc1ccccc1C(=O)/C=C/N(C)C. The molecule has 5 heteroatoms. The fraction of sp³-hybridized carbons (Fsp3) is 0.231. The minimum absolute atomic E-state index is 0.219. The summed E-state index contributed by atoms with van der Waals surface area (Å²) >= 11 is 0. The molecule has 1 aromatic carbocycles. The first kappa shape index (κ1) is 13.8. The number of ketones is 1. The van der Waals surface area contributed by atoms with Crippen molar-refractivity contribution in [2.75, 3.05) is 21.1 Å². The molecule has 1 amide bonds. The highest BCUT2D eigenvalue weighted by atomic mass is 16.6. The van der Waals surface area contributed by atoms with Gasteiger partial charge in [-0.2, -0.15) is 0 Å². The third-order valence-electron chi connectivity index (χ3n) is 2.08. The molecule has 0 fully saturated rings. The predicted octanol–water partition coefficient (Wildman–Crippen LogP) is 1.66. The van der Waals surface area contributed by atoms with Gasteiger partial charge in [0.1, 0.15) is 5.75 Å². The van der Waals surface area contributed by atoms with Gasteiger partial charge in [-0.15, -0.1) is 0 Å². The van der Waals surface area contributed by atoms with Crippen molar-refractivity contribution in [2.24, 2.45) is 0 Å². The Morgan fingerprint density at radius 1 is 1.28 bits per heavy atom. The van der Waals surface area contributed by atoms with Crippen molar-refractivity contribution in [2.45, 2.75) is 0 Å². The van der Waals surface area contributed by atoms with Gasteiger partial charge in [0.2, 0.25) is 0 Å². The number of nitrogens with one attached hydrogen (secondary N) is 1. The molecule has 0 spiro atoms. The van der Waals surface area contributed by atoms with Crippen LogP contribution in [-0.2, 0) is 0 Å². The second-order valence-electron chi connectivity index (χ2n) is 3.78. The van der Waals surface area contributed by atoms with Crippen LogP contribution in [0.25, 0.3) is 0 Å². The van der Waals surface area contributed by atoms with E-state index in [-0.39, 0.29) is 11.5 Å². The maximum absolute atomic E-state index is 11.9. The second kappa shape index (κ2) is 6.44. The molecule has 96 valence electrons. The maximum atomic E-state index is 11.9. The Kier molecular flexibility index (Phi) is 4.92. The van der Waals surface area contributed by atoms with Crippen LogP contribution < -0.4 is 10.1 Å². The zero-order valence-electron chi connectivity index (χ0n) is 10.6. The first-order valence-corrected chi connectivity index (χ1v) is 5.42. The van der Waals surface area contributed by atoms with E-state index in [9.17, 15) is 9.59 Å². The van der Waals surface area contributed by atoms with Crippen LogP contribution in [0.2, 0.25) is 0 Å². The lowest BCUT2D eigenvalue weighted by Gasteiger charge is -2.08. The fourth-order valence-electron chi connectivity index (χ4n) is 1.22. The zero-order chi connectivity index (χ0) is 13.5. The highest BCUT2D eigenvalue weighted by Gasteiger charge is 2.11. The topological polar surface area (TPSA) is 58.6 Å². The molecule has 1 N–H and O–H groups in total. The predicted molar refractivity (Wildman–Crippen MR) is 68.7 cm³/mol. The molecule has 1 rings (SSSR count). The van der Waals surface area contributed by atoms with Gasteiger partial charge >= 0.3 is 6.09 Å². The van der Waals surface area contributed by atoms with Gasteiger partial charge in [-0.3, -0.25) is 4.79 Å². The lowest BCUT2D eigenvalue weighted by molar-refractivity contribution is 0.104. The van der Waals surface area contributed by atoms with Crippen molar-refractivity contribution in [3.05, 3.63) is 42.1 Å². The number of carbonyl (C=O) groups is 2. The minimum atomic E-state index is -0.605. The smallest absolute Gasteiger partial charge is 0.410 e. The zero-order valence-corrected chi connectivity index (χ0v) is 10.6.